The summed E-state index contributed by atoms with van der Waals surface area (Å²) in [4.78, 5) is 12.3. The number of hydrogen-bond acceptors (Lipinski definition) is 2. The van der Waals surface area contributed by atoms with Gasteiger partial charge in [0.2, 0.25) is 0 Å². The lowest BCUT2D eigenvalue weighted by atomic mass is 9.97. The van der Waals surface area contributed by atoms with Gasteiger partial charge in [-0.1, -0.05) is 18.9 Å². The molecular formula is C14H19BrN2O. The Balaban J connectivity index is 2.16. The van der Waals surface area contributed by atoms with Crippen molar-refractivity contribution in [3.05, 3.63) is 33.8 Å². The van der Waals surface area contributed by atoms with Gasteiger partial charge in [-0.25, -0.2) is 0 Å². The number of nitrogens with one attached hydrogen (secondary N) is 1. The SMILES string of the molecule is Cc1ccc(C(=O)NC2(CN)CCCC2)c(Br)c1. The number of amides is 1. The first-order valence-corrected chi connectivity index (χ1v) is 7.14. The largest absolute Gasteiger partial charge is 0.345 e. The summed E-state index contributed by atoms with van der Waals surface area (Å²) < 4.78 is 0.838. The van der Waals surface area contributed by atoms with E-state index in [0.717, 1.165) is 35.7 Å². The van der Waals surface area contributed by atoms with E-state index in [2.05, 4.69) is 21.2 Å². The zero-order valence-electron chi connectivity index (χ0n) is 10.6. The van der Waals surface area contributed by atoms with Crippen LogP contribution in [0, 0.1) is 6.92 Å². The van der Waals surface area contributed by atoms with Crippen molar-refractivity contribution >= 4 is 21.8 Å². The van der Waals surface area contributed by atoms with Crippen molar-refractivity contribution in [2.24, 2.45) is 5.73 Å². The van der Waals surface area contributed by atoms with Crippen LogP contribution in [0.4, 0.5) is 0 Å². The number of carbonyl (C=O) groups excluding carboxylic acids is 1. The topological polar surface area (TPSA) is 55.1 Å². The summed E-state index contributed by atoms with van der Waals surface area (Å²) in [6.07, 6.45) is 4.26. The van der Waals surface area contributed by atoms with Crippen LogP contribution in [-0.4, -0.2) is 18.0 Å². The lowest BCUT2D eigenvalue weighted by molar-refractivity contribution is 0.0902. The molecule has 1 aromatic carbocycles. The van der Waals surface area contributed by atoms with Crippen LogP contribution in [0.25, 0.3) is 0 Å². The van der Waals surface area contributed by atoms with Gasteiger partial charge in [0.15, 0.2) is 0 Å². The number of hydrogen-bond donors (Lipinski definition) is 2. The second-order valence-electron chi connectivity index (χ2n) is 5.13. The summed E-state index contributed by atoms with van der Waals surface area (Å²) in [5.41, 5.74) is 7.45. The van der Waals surface area contributed by atoms with Crippen LogP contribution in [0.2, 0.25) is 0 Å². The molecule has 3 N–H and O–H groups in total. The molecule has 4 heteroatoms. The summed E-state index contributed by atoms with van der Waals surface area (Å²) in [5, 5.41) is 3.12. The predicted molar refractivity (Wildman–Crippen MR) is 76.6 cm³/mol. The third-order valence-corrected chi connectivity index (χ3v) is 4.36. The third-order valence-electron chi connectivity index (χ3n) is 3.70. The van der Waals surface area contributed by atoms with E-state index < -0.39 is 0 Å². The Labute approximate surface area is 116 Å². The molecule has 1 aromatic rings. The first kappa shape index (κ1) is 13.6. The van der Waals surface area contributed by atoms with Crippen LogP contribution < -0.4 is 11.1 Å². The lowest BCUT2D eigenvalue weighted by Crippen LogP contribution is -2.51. The van der Waals surface area contributed by atoms with Crippen molar-refractivity contribution in [3.8, 4) is 0 Å². The Hall–Kier alpha value is -0.870. The number of halogens is 1. The van der Waals surface area contributed by atoms with Gasteiger partial charge in [0, 0.05) is 11.0 Å². The smallest absolute Gasteiger partial charge is 0.252 e. The van der Waals surface area contributed by atoms with Gasteiger partial charge in [0.25, 0.3) is 5.91 Å². The zero-order chi connectivity index (χ0) is 13.2. The van der Waals surface area contributed by atoms with Crippen LogP contribution >= 0.6 is 15.9 Å². The molecule has 1 fully saturated rings. The van der Waals surface area contributed by atoms with Gasteiger partial charge >= 0.3 is 0 Å². The van der Waals surface area contributed by atoms with E-state index >= 15 is 0 Å². The highest BCUT2D eigenvalue weighted by Crippen LogP contribution is 2.29. The Morgan fingerprint density at radius 2 is 2.11 bits per heavy atom. The fourth-order valence-corrected chi connectivity index (χ4v) is 3.22. The number of carbonyl (C=O) groups is 1. The molecule has 3 nitrogen and oxygen atoms in total. The molecule has 98 valence electrons. The van der Waals surface area contributed by atoms with E-state index in [1.807, 2.05) is 25.1 Å². The first-order chi connectivity index (χ1) is 8.56. The maximum atomic E-state index is 12.3. The Morgan fingerprint density at radius 3 is 2.67 bits per heavy atom. The zero-order valence-corrected chi connectivity index (χ0v) is 12.2. The predicted octanol–water partition coefficient (Wildman–Crippen LogP) is 2.76. The molecule has 0 aliphatic heterocycles. The minimum Gasteiger partial charge on any atom is -0.345 e. The molecule has 1 aliphatic rings. The van der Waals surface area contributed by atoms with Crippen LogP contribution in [-0.2, 0) is 0 Å². The van der Waals surface area contributed by atoms with Crippen LogP contribution in [0.15, 0.2) is 22.7 Å². The highest BCUT2D eigenvalue weighted by molar-refractivity contribution is 9.10. The van der Waals surface area contributed by atoms with E-state index in [-0.39, 0.29) is 11.4 Å². The Kier molecular flexibility index (Phi) is 4.07. The molecule has 0 saturated heterocycles. The molecule has 1 saturated carbocycles. The third kappa shape index (κ3) is 2.75. The highest BCUT2D eigenvalue weighted by Gasteiger charge is 2.34. The molecular weight excluding hydrogens is 292 g/mol. The van der Waals surface area contributed by atoms with E-state index in [0.29, 0.717) is 12.1 Å². The number of aryl methyl sites for hydroxylation is 1. The summed E-state index contributed by atoms with van der Waals surface area (Å²) in [7, 11) is 0. The minimum absolute atomic E-state index is 0.0331. The van der Waals surface area contributed by atoms with Gasteiger partial charge in [0.05, 0.1) is 11.1 Å². The Morgan fingerprint density at radius 1 is 1.44 bits per heavy atom. The average molecular weight is 311 g/mol. The van der Waals surface area contributed by atoms with Crippen molar-refractivity contribution in [3.63, 3.8) is 0 Å². The van der Waals surface area contributed by atoms with Crippen molar-refractivity contribution in [1.82, 2.24) is 5.32 Å². The molecule has 0 atom stereocenters. The van der Waals surface area contributed by atoms with Gasteiger partial charge in [-0.15, -0.1) is 0 Å². The molecule has 1 aliphatic carbocycles. The summed E-state index contributed by atoms with van der Waals surface area (Å²) in [6.45, 7) is 2.52. The summed E-state index contributed by atoms with van der Waals surface area (Å²) in [6, 6.07) is 5.76. The van der Waals surface area contributed by atoms with Gasteiger partial charge < -0.3 is 11.1 Å². The Bertz CT molecular complexity index is 453. The van der Waals surface area contributed by atoms with Gasteiger partial charge in [-0.2, -0.15) is 0 Å². The second-order valence-corrected chi connectivity index (χ2v) is 5.98. The van der Waals surface area contributed by atoms with E-state index in [9.17, 15) is 4.79 Å². The lowest BCUT2D eigenvalue weighted by Gasteiger charge is -2.29. The van der Waals surface area contributed by atoms with Crippen molar-refractivity contribution in [1.29, 1.82) is 0 Å². The summed E-state index contributed by atoms with van der Waals surface area (Å²) in [5.74, 6) is -0.0331. The van der Waals surface area contributed by atoms with Gasteiger partial charge in [-0.05, 0) is 53.4 Å². The fraction of sp³-hybridized carbons (Fsp3) is 0.500. The van der Waals surface area contributed by atoms with Crippen LogP contribution in [0.5, 0.6) is 0 Å². The van der Waals surface area contributed by atoms with Crippen LogP contribution in [0.3, 0.4) is 0 Å². The maximum Gasteiger partial charge on any atom is 0.252 e. The first-order valence-electron chi connectivity index (χ1n) is 6.35. The normalized spacial score (nSPS) is 17.7. The van der Waals surface area contributed by atoms with Gasteiger partial charge in [-0.3, -0.25) is 4.79 Å². The number of nitrogens with two attached hydrogens (primary N) is 1. The molecule has 0 radical (unpaired) electrons. The number of benzene rings is 1. The molecule has 0 heterocycles. The van der Waals surface area contributed by atoms with Crippen LogP contribution in [0.1, 0.15) is 41.6 Å². The standard InChI is InChI=1S/C14H19BrN2O/c1-10-4-5-11(12(15)8-10)13(18)17-14(9-16)6-2-3-7-14/h4-5,8H,2-3,6-7,9,16H2,1H3,(H,17,18). The van der Waals surface area contributed by atoms with Crippen molar-refractivity contribution in [2.45, 2.75) is 38.1 Å². The van der Waals surface area contributed by atoms with E-state index in [1.165, 1.54) is 0 Å². The molecule has 1 amide bonds. The monoisotopic (exact) mass is 310 g/mol. The van der Waals surface area contributed by atoms with E-state index in [1.54, 1.807) is 0 Å². The molecule has 18 heavy (non-hydrogen) atoms. The van der Waals surface area contributed by atoms with Crippen molar-refractivity contribution < 1.29 is 4.79 Å². The van der Waals surface area contributed by atoms with Gasteiger partial charge in [0.1, 0.15) is 0 Å². The second kappa shape index (κ2) is 5.41. The fourth-order valence-electron chi connectivity index (χ4n) is 2.54. The molecule has 0 unspecified atom stereocenters. The molecule has 2 rings (SSSR count). The average Bonchev–Trinajstić information content (AvgIpc) is 2.78. The molecule has 0 bridgehead atoms. The highest BCUT2D eigenvalue weighted by atomic mass is 79.9. The van der Waals surface area contributed by atoms with E-state index in [4.69, 9.17) is 5.73 Å². The molecule has 0 aromatic heterocycles. The van der Waals surface area contributed by atoms with Crippen molar-refractivity contribution in [2.75, 3.05) is 6.54 Å². The number of rotatable bonds is 3. The minimum atomic E-state index is -0.193. The maximum absolute atomic E-state index is 12.3. The quantitative estimate of drug-likeness (QED) is 0.902. The molecule has 0 spiro atoms. The summed E-state index contributed by atoms with van der Waals surface area (Å²) >= 11 is 3.44.